The van der Waals surface area contributed by atoms with Crippen LogP contribution < -0.4 is 0 Å². The Morgan fingerprint density at radius 3 is 1.43 bits per heavy atom. The third kappa shape index (κ3) is 4.61. The molecule has 0 atom stereocenters. The minimum atomic E-state index is 0.857. The Kier molecular flexibility index (Phi) is 6.47. The number of rotatable bonds is 5. The van der Waals surface area contributed by atoms with Crippen molar-refractivity contribution in [3.63, 3.8) is 0 Å². The van der Waals surface area contributed by atoms with Crippen LogP contribution >= 0.6 is 0 Å². The average molecular weight is 562 g/mol. The molecule has 3 nitrogen and oxygen atoms in total. The topological polar surface area (TPSA) is 38.7 Å². The predicted molar refractivity (Wildman–Crippen MR) is 182 cm³/mol. The fourth-order valence-corrected chi connectivity index (χ4v) is 6.14. The second kappa shape index (κ2) is 11.0. The van der Waals surface area contributed by atoms with E-state index < -0.39 is 0 Å². The molecule has 0 spiro atoms. The van der Waals surface area contributed by atoms with Crippen LogP contribution in [0.15, 0.2) is 164 Å². The second-order valence-corrected chi connectivity index (χ2v) is 10.9. The summed E-state index contributed by atoms with van der Waals surface area (Å²) in [6, 6.07) is 50.9. The van der Waals surface area contributed by atoms with Gasteiger partial charge in [0.05, 0.1) is 17.1 Å². The van der Waals surface area contributed by atoms with E-state index in [2.05, 4.69) is 114 Å². The van der Waals surface area contributed by atoms with E-state index in [0.717, 1.165) is 33.8 Å². The Bertz CT molecular complexity index is 2230. The van der Waals surface area contributed by atoms with Crippen molar-refractivity contribution in [3.05, 3.63) is 164 Å². The van der Waals surface area contributed by atoms with Gasteiger partial charge in [0.1, 0.15) is 0 Å². The SMILES string of the molecule is c1ccc(-c2ccc3c(-c4ccc(-c5ccccn5)nc4)c4ccccc4c(-c4ccc(-c5ccccc5)nc4)c3c2)cc1. The number of hydrogen-bond donors (Lipinski definition) is 0. The van der Waals surface area contributed by atoms with Gasteiger partial charge in [0.25, 0.3) is 0 Å². The summed E-state index contributed by atoms with van der Waals surface area (Å²) in [5.41, 5.74) is 10.7. The Morgan fingerprint density at radius 2 is 0.818 bits per heavy atom. The van der Waals surface area contributed by atoms with E-state index in [0.29, 0.717) is 0 Å². The first-order valence-corrected chi connectivity index (χ1v) is 14.8. The number of pyridine rings is 3. The summed E-state index contributed by atoms with van der Waals surface area (Å²) in [4.78, 5) is 14.3. The van der Waals surface area contributed by atoms with Gasteiger partial charge < -0.3 is 0 Å². The lowest BCUT2D eigenvalue weighted by molar-refractivity contribution is 1.25. The van der Waals surface area contributed by atoms with E-state index in [1.54, 1.807) is 6.20 Å². The van der Waals surface area contributed by atoms with Gasteiger partial charge in [-0.3, -0.25) is 15.0 Å². The molecule has 3 heterocycles. The van der Waals surface area contributed by atoms with E-state index in [-0.39, 0.29) is 0 Å². The lowest BCUT2D eigenvalue weighted by Crippen LogP contribution is -1.94. The molecule has 0 aliphatic rings. The van der Waals surface area contributed by atoms with E-state index >= 15 is 0 Å². The van der Waals surface area contributed by atoms with Crippen molar-refractivity contribution in [1.29, 1.82) is 0 Å². The molecule has 0 aliphatic heterocycles. The molecule has 0 saturated carbocycles. The molecule has 0 fully saturated rings. The van der Waals surface area contributed by atoms with Crippen LogP contribution in [0, 0.1) is 0 Å². The molecule has 8 aromatic rings. The molecule has 3 aromatic heterocycles. The van der Waals surface area contributed by atoms with Crippen LogP contribution in [0.5, 0.6) is 0 Å². The summed E-state index contributed by atoms with van der Waals surface area (Å²) in [5, 5.41) is 4.73. The quantitative estimate of drug-likeness (QED) is 0.196. The third-order valence-electron chi connectivity index (χ3n) is 8.23. The zero-order chi connectivity index (χ0) is 29.3. The van der Waals surface area contributed by atoms with Crippen molar-refractivity contribution in [2.24, 2.45) is 0 Å². The molecule has 0 amide bonds. The van der Waals surface area contributed by atoms with Crippen LogP contribution in [0.1, 0.15) is 0 Å². The van der Waals surface area contributed by atoms with Gasteiger partial charge in [0, 0.05) is 35.3 Å². The molecular weight excluding hydrogens is 534 g/mol. The molecule has 44 heavy (non-hydrogen) atoms. The smallest absolute Gasteiger partial charge is 0.0886 e. The highest BCUT2D eigenvalue weighted by atomic mass is 14.8. The molecule has 0 saturated heterocycles. The van der Waals surface area contributed by atoms with Gasteiger partial charge in [-0.2, -0.15) is 0 Å². The molecule has 3 heteroatoms. The van der Waals surface area contributed by atoms with Crippen LogP contribution in [-0.4, -0.2) is 15.0 Å². The van der Waals surface area contributed by atoms with Crippen LogP contribution in [0.3, 0.4) is 0 Å². The molecule has 0 N–H and O–H groups in total. The van der Waals surface area contributed by atoms with Crippen LogP contribution in [0.25, 0.3) is 77.6 Å². The Morgan fingerprint density at radius 1 is 0.295 bits per heavy atom. The number of benzene rings is 5. The minimum absolute atomic E-state index is 0.857. The Hall–Kier alpha value is -5.93. The van der Waals surface area contributed by atoms with Crippen molar-refractivity contribution >= 4 is 21.5 Å². The fourth-order valence-electron chi connectivity index (χ4n) is 6.14. The average Bonchev–Trinajstić information content (AvgIpc) is 3.12. The van der Waals surface area contributed by atoms with E-state index in [9.17, 15) is 0 Å². The summed E-state index contributed by atoms with van der Waals surface area (Å²) >= 11 is 0. The first-order chi connectivity index (χ1) is 21.8. The molecule has 0 bridgehead atoms. The van der Waals surface area contributed by atoms with Crippen molar-refractivity contribution in [1.82, 2.24) is 15.0 Å². The summed E-state index contributed by atoms with van der Waals surface area (Å²) < 4.78 is 0. The van der Waals surface area contributed by atoms with Crippen LogP contribution in [0.2, 0.25) is 0 Å². The highest BCUT2D eigenvalue weighted by molar-refractivity contribution is 6.21. The first-order valence-electron chi connectivity index (χ1n) is 14.8. The molecular formula is C41H27N3. The van der Waals surface area contributed by atoms with Gasteiger partial charge >= 0.3 is 0 Å². The lowest BCUT2D eigenvalue weighted by Gasteiger charge is -2.19. The standard InChI is InChI=1S/C41H27N3/c1-3-11-28(12-4-1)30-18-21-35-36(25-30)41(32-19-22-37(43-26-32)29-13-5-2-6-14-29)34-16-8-7-15-33(34)40(35)31-20-23-39(44-27-31)38-17-9-10-24-42-38/h1-27H. The van der Waals surface area contributed by atoms with Gasteiger partial charge in [-0.1, -0.05) is 115 Å². The Labute approximate surface area is 256 Å². The summed E-state index contributed by atoms with van der Waals surface area (Å²) in [6.07, 6.45) is 5.80. The largest absolute Gasteiger partial charge is 0.256 e. The number of fused-ring (bicyclic) bond motifs is 2. The molecule has 5 aromatic carbocycles. The van der Waals surface area contributed by atoms with Crippen LogP contribution in [0.4, 0.5) is 0 Å². The molecule has 0 unspecified atom stereocenters. The van der Waals surface area contributed by atoms with Gasteiger partial charge in [-0.15, -0.1) is 0 Å². The van der Waals surface area contributed by atoms with Crippen molar-refractivity contribution in [2.75, 3.05) is 0 Å². The monoisotopic (exact) mass is 561 g/mol. The second-order valence-electron chi connectivity index (χ2n) is 10.9. The van der Waals surface area contributed by atoms with E-state index in [1.807, 2.05) is 48.8 Å². The van der Waals surface area contributed by atoms with Gasteiger partial charge in [-0.05, 0) is 74.1 Å². The van der Waals surface area contributed by atoms with Crippen molar-refractivity contribution < 1.29 is 0 Å². The zero-order valence-corrected chi connectivity index (χ0v) is 23.9. The molecule has 206 valence electrons. The summed E-state index contributed by atoms with van der Waals surface area (Å²) in [5.74, 6) is 0. The van der Waals surface area contributed by atoms with Gasteiger partial charge in [0.2, 0.25) is 0 Å². The minimum Gasteiger partial charge on any atom is -0.256 e. The third-order valence-corrected chi connectivity index (χ3v) is 8.23. The molecule has 8 rings (SSSR count). The number of nitrogens with zero attached hydrogens (tertiary/aromatic N) is 3. The highest BCUT2D eigenvalue weighted by Gasteiger charge is 2.18. The maximum atomic E-state index is 4.92. The zero-order valence-electron chi connectivity index (χ0n) is 23.9. The predicted octanol–water partition coefficient (Wildman–Crippen LogP) is 10.5. The highest BCUT2D eigenvalue weighted by Crippen LogP contribution is 2.44. The summed E-state index contributed by atoms with van der Waals surface area (Å²) in [7, 11) is 0. The van der Waals surface area contributed by atoms with E-state index in [1.165, 1.54) is 43.8 Å². The number of hydrogen-bond acceptors (Lipinski definition) is 3. The van der Waals surface area contributed by atoms with Crippen molar-refractivity contribution in [3.8, 4) is 56.0 Å². The van der Waals surface area contributed by atoms with Gasteiger partial charge in [-0.25, -0.2) is 0 Å². The van der Waals surface area contributed by atoms with Crippen LogP contribution in [-0.2, 0) is 0 Å². The van der Waals surface area contributed by atoms with Crippen molar-refractivity contribution in [2.45, 2.75) is 0 Å². The maximum absolute atomic E-state index is 4.92. The van der Waals surface area contributed by atoms with E-state index in [4.69, 9.17) is 9.97 Å². The van der Waals surface area contributed by atoms with Gasteiger partial charge in [0.15, 0.2) is 0 Å². The maximum Gasteiger partial charge on any atom is 0.0886 e. The number of aromatic nitrogens is 3. The first kappa shape index (κ1) is 25.8. The molecule has 0 aliphatic carbocycles. The fraction of sp³-hybridized carbons (Fsp3) is 0. The normalized spacial score (nSPS) is 11.2. The Balaban J connectivity index is 1.38. The lowest BCUT2D eigenvalue weighted by atomic mass is 9.85. The molecule has 0 radical (unpaired) electrons. The summed E-state index contributed by atoms with van der Waals surface area (Å²) in [6.45, 7) is 0.